The van der Waals surface area contributed by atoms with E-state index in [1.807, 2.05) is 45.0 Å². The molecule has 0 aromatic heterocycles. The molecule has 4 nitrogen and oxygen atoms in total. The quantitative estimate of drug-likeness (QED) is 0.674. The summed E-state index contributed by atoms with van der Waals surface area (Å²) < 4.78 is 5.61. The normalized spacial score (nSPS) is 21.9. The SMILES string of the molecule is CC1=C(C(=O)OCC(C)C)C(c2cccc3ccccc23)C2C(=O)CCCC2=N1. The van der Waals surface area contributed by atoms with Crippen LogP contribution in [-0.2, 0) is 14.3 Å². The fourth-order valence-electron chi connectivity index (χ4n) is 4.56. The highest BCUT2D eigenvalue weighted by Gasteiger charge is 2.44. The zero-order valence-electron chi connectivity index (χ0n) is 17.3. The Balaban J connectivity index is 1.89. The van der Waals surface area contributed by atoms with Crippen molar-refractivity contribution in [3.05, 3.63) is 59.3 Å². The Morgan fingerprint density at radius 2 is 1.86 bits per heavy atom. The number of ether oxygens (including phenoxy) is 1. The molecule has 0 N–H and O–H groups in total. The maximum Gasteiger partial charge on any atom is 0.336 e. The molecule has 2 aliphatic rings. The number of aliphatic imine (C=N–C) groups is 1. The number of fused-ring (bicyclic) bond motifs is 2. The lowest BCUT2D eigenvalue weighted by molar-refractivity contribution is -0.140. The highest BCUT2D eigenvalue weighted by molar-refractivity contribution is 6.12. The predicted octanol–water partition coefficient (Wildman–Crippen LogP) is 5.22. The molecule has 150 valence electrons. The van der Waals surface area contributed by atoms with E-state index in [4.69, 9.17) is 9.73 Å². The molecule has 0 saturated heterocycles. The van der Waals surface area contributed by atoms with E-state index in [0.717, 1.165) is 34.9 Å². The number of nitrogens with zero attached hydrogens (tertiary/aromatic N) is 1. The van der Waals surface area contributed by atoms with Gasteiger partial charge in [0.05, 0.1) is 18.1 Å². The van der Waals surface area contributed by atoms with Crippen molar-refractivity contribution >= 4 is 28.2 Å². The standard InChI is InChI=1S/C25H27NO3/c1-15(2)14-29-25(28)22-16(3)26-20-12-7-13-21(27)24(20)23(22)19-11-6-9-17-8-4-5-10-18(17)19/h4-6,8-11,15,23-24H,7,12-14H2,1-3H3. The van der Waals surface area contributed by atoms with E-state index in [2.05, 4.69) is 18.2 Å². The van der Waals surface area contributed by atoms with Gasteiger partial charge in [-0.3, -0.25) is 9.79 Å². The number of carbonyl (C=O) groups is 2. The second-order valence-electron chi connectivity index (χ2n) is 8.44. The molecule has 0 amide bonds. The van der Waals surface area contributed by atoms with Crippen LogP contribution in [0.3, 0.4) is 0 Å². The zero-order chi connectivity index (χ0) is 20.5. The summed E-state index contributed by atoms with van der Waals surface area (Å²) in [4.78, 5) is 30.9. The van der Waals surface area contributed by atoms with Crippen LogP contribution < -0.4 is 0 Å². The molecule has 2 aromatic rings. The first kappa shape index (κ1) is 19.6. The Labute approximate surface area is 171 Å². The van der Waals surface area contributed by atoms with Crippen molar-refractivity contribution in [2.75, 3.05) is 6.61 Å². The fourth-order valence-corrected chi connectivity index (χ4v) is 4.56. The summed E-state index contributed by atoms with van der Waals surface area (Å²) >= 11 is 0. The lowest BCUT2D eigenvalue weighted by Gasteiger charge is -2.36. The Hall–Kier alpha value is -2.75. The summed E-state index contributed by atoms with van der Waals surface area (Å²) in [6.07, 6.45) is 2.18. The molecule has 1 aliphatic carbocycles. The highest BCUT2D eigenvalue weighted by atomic mass is 16.5. The molecule has 2 unspecified atom stereocenters. The molecule has 0 radical (unpaired) electrons. The van der Waals surface area contributed by atoms with Crippen molar-refractivity contribution in [1.82, 2.24) is 0 Å². The number of hydrogen-bond donors (Lipinski definition) is 0. The summed E-state index contributed by atoms with van der Waals surface area (Å²) in [6, 6.07) is 14.2. The predicted molar refractivity (Wildman–Crippen MR) is 115 cm³/mol. The number of rotatable bonds is 4. The minimum atomic E-state index is -0.375. The summed E-state index contributed by atoms with van der Waals surface area (Å²) in [6.45, 7) is 6.25. The van der Waals surface area contributed by atoms with Crippen LogP contribution in [-0.4, -0.2) is 24.1 Å². The number of hydrogen-bond acceptors (Lipinski definition) is 4. The summed E-state index contributed by atoms with van der Waals surface area (Å²) in [5.74, 6) is -0.652. The maximum absolute atomic E-state index is 13.2. The molecule has 1 saturated carbocycles. The van der Waals surface area contributed by atoms with Crippen LogP contribution in [0.1, 0.15) is 51.5 Å². The van der Waals surface area contributed by atoms with Gasteiger partial charge in [0.1, 0.15) is 5.78 Å². The molecule has 2 atom stereocenters. The van der Waals surface area contributed by atoms with Gasteiger partial charge in [0.15, 0.2) is 0 Å². The van der Waals surface area contributed by atoms with Gasteiger partial charge in [-0.05, 0) is 42.0 Å². The Bertz CT molecular complexity index is 1030. The van der Waals surface area contributed by atoms with E-state index in [9.17, 15) is 9.59 Å². The number of carbonyl (C=O) groups excluding carboxylic acids is 2. The monoisotopic (exact) mass is 389 g/mol. The molecule has 1 fully saturated rings. The van der Waals surface area contributed by atoms with Crippen molar-refractivity contribution in [3.63, 3.8) is 0 Å². The van der Waals surface area contributed by atoms with Crippen LogP contribution in [0, 0.1) is 11.8 Å². The number of ketones is 1. The first-order valence-electron chi connectivity index (χ1n) is 10.4. The van der Waals surface area contributed by atoms with Gasteiger partial charge in [-0.1, -0.05) is 56.3 Å². The van der Waals surface area contributed by atoms with Crippen LogP contribution in [0.15, 0.2) is 58.7 Å². The van der Waals surface area contributed by atoms with E-state index < -0.39 is 0 Å². The van der Waals surface area contributed by atoms with Gasteiger partial charge in [0, 0.05) is 23.7 Å². The lowest BCUT2D eigenvalue weighted by Crippen LogP contribution is -2.39. The van der Waals surface area contributed by atoms with E-state index in [0.29, 0.717) is 24.3 Å². The van der Waals surface area contributed by atoms with Crippen LogP contribution in [0.4, 0.5) is 0 Å². The number of Topliss-reactive ketones (excluding diaryl/α,β-unsaturated/α-hetero) is 1. The Morgan fingerprint density at radius 3 is 2.66 bits per heavy atom. The summed E-state index contributed by atoms with van der Waals surface area (Å²) in [7, 11) is 0. The Kier molecular flexibility index (Phi) is 5.35. The van der Waals surface area contributed by atoms with Gasteiger partial charge in [-0.25, -0.2) is 4.79 Å². The zero-order valence-corrected chi connectivity index (χ0v) is 17.3. The van der Waals surface area contributed by atoms with Gasteiger partial charge >= 0.3 is 5.97 Å². The van der Waals surface area contributed by atoms with Crippen molar-refractivity contribution in [1.29, 1.82) is 0 Å². The average Bonchev–Trinajstić information content (AvgIpc) is 2.71. The molecular weight excluding hydrogens is 362 g/mol. The third kappa shape index (κ3) is 3.64. The molecule has 29 heavy (non-hydrogen) atoms. The fraction of sp³-hybridized carbons (Fsp3) is 0.400. The minimum Gasteiger partial charge on any atom is -0.462 e. The first-order chi connectivity index (χ1) is 14.0. The van der Waals surface area contributed by atoms with Crippen molar-refractivity contribution in [2.24, 2.45) is 16.8 Å². The molecule has 1 aliphatic heterocycles. The topological polar surface area (TPSA) is 55.7 Å². The van der Waals surface area contributed by atoms with Gasteiger partial charge in [0.2, 0.25) is 0 Å². The molecule has 1 heterocycles. The molecular formula is C25H27NO3. The largest absolute Gasteiger partial charge is 0.462 e. The molecule has 0 spiro atoms. The van der Waals surface area contributed by atoms with Crippen LogP contribution in [0.2, 0.25) is 0 Å². The summed E-state index contributed by atoms with van der Waals surface area (Å²) in [5.41, 5.74) is 3.13. The highest BCUT2D eigenvalue weighted by Crippen LogP contribution is 2.45. The average molecular weight is 389 g/mol. The van der Waals surface area contributed by atoms with Crippen molar-refractivity contribution < 1.29 is 14.3 Å². The van der Waals surface area contributed by atoms with Crippen LogP contribution >= 0.6 is 0 Å². The minimum absolute atomic E-state index is 0.176. The molecule has 0 bridgehead atoms. The van der Waals surface area contributed by atoms with E-state index >= 15 is 0 Å². The second kappa shape index (κ2) is 7.94. The van der Waals surface area contributed by atoms with Crippen molar-refractivity contribution in [3.8, 4) is 0 Å². The lowest BCUT2D eigenvalue weighted by atomic mass is 9.68. The molecule has 4 heteroatoms. The van der Waals surface area contributed by atoms with Crippen molar-refractivity contribution in [2.45, 2.75) is 46.0 Å². The Morgan fingerprint density at radius 1 is 1.10 bits per heavy atom. The van der Waals surface area contributed by atoms with Crippen LogP contribution in [0.5, 0.6) is 0 Å². The van der Waals surface area contributed by atoms with Gasteiger partial charge in [-0.2, -0.15) is 0 Å². The smallest absolute Gasteiger partial charge is 0.336 e. The molecule has 2 aromatic carbocycles. The van der Waals surface area contributed by atoms with Gasteiger partial charge in [-0.15, -0.1) is 0 Å². The number of benzene rings is 2. The molecule has 4 rings (SSSR count). The van der Waals surface area contributed by atoms with Crippen LogP contribution in [0.25, 0.3) is 10.8 Å². The maximum atomic E-state index is 13.2. The van der Waals surface area contributed by atoms with E-state index in [1.165, 1.54) is 0 Å². The number of esters is 1. The first-order valence-corrected chi connectivity index (χ1v) is 10.4. The third-order valence-electron chi connectivity index (χ3n) is 5.83. The summed E-state index contributed by atoms with van der Waals surface area (Å²) in [5, 5.41) is 2.17. The van der Waals surface area contributed by atoms with E-state index in [-0.39, 0.29) is 29.5 Å². The van der Waals surface area contributed by atoms with Gasteiger partial charge < -0.3 is 4.74 Å². The third-order valence-corrected chi connectivity index (χ3v) is 5.83. The van der Waals surface area contributed by atoms with Gasteiger partial charge in [0.25, 0.3) is 0 Å². The van der Waals surface area contributed by atoms with E-state index in [1.54, 1.807) is 0 Å². The second-order valence-corrected chi connectivity index (χ2v) is 8.44. The number of allylic oxidation sites excluding steroid dienone is 1.